The van der Waals surface area contributed by atoms with Gasteiger partial charge in [0.2, 0.25) is 0 Å². The molecule has 0 saturated heterocycles. The molecule has 1 atom stereocenters. The van der Waals surface area contributed by atoms with Crippen molar-refractivity contribution in [2.45, 2.75) is 13.5 Å². The summed E-state index contributed by atoms with van der Waals surface area (Å²) < 4.78 is 1.72. The van der Waals surface area contributed by atoms with Crippen molar-refractivity contribution < 1.29 is 0 Å². The topological polar surface area (TPSA) is 29.9 Å². The Balaban J connectivity index is 2.22. The van der Waals surface area contributed by atoms with Crippen LogP contribution in [0.15, 0.2) is 19.0 Å². The van der Waals surface area contributed by atoms with Crippen molar-refractivity contribution in [1.82, 2.24) is 15.1 Å². The second kappa shape index (κ2) is 6.69. The predicted octanol–water partition coefficient (Wildman–Crippen LogP) is 2.07. The highest BCUT2D eigenvalue weighted by atomic mass is 32.2. The van der Waals surface area contributed by atoms with E-state index in [1.807, 2.05) is 24.2 Å². The number of rotatable bonds is 7. The van der Waals surface area contributed by atoms with Crippen molar-refractivity contribution in [2.75, 3.05) is 18.6 Å². The van der Waals surface area contributed by atoms with E-state index < -0.39 is 0 Å². The third kappa shape index (κ3) is 4.53. The lowest BCUT2D eigenvalue weighted by molar-refractivity contribution is 0.559. The molecule has 15 heavy (non-hydrogen) atoms. The van der Waals surface area contributed by atoms with Crippen molar-refractivity contribution in [3.05, 3.63) is 24.5 Å². The third-order valence-corrected chi connectivity index (χ3v) is 3.02. The molecule has 1 unspecified atom stereocenters. The van der Waals surface area contributed by atoms with Gasteiger partial charge in [-0.3, -0.25) is 0 Å². The summed E-state index contributed by atoms with van der Waals surface area (Å²) in [6, 6.07) is 0. The monoisotopic (exact) mass is 225 g/mol. The molecule has 4 heteroatoms. The zero-order valence-electron chi connectivity index (χ0n) is 9.44. The Kier molecular flexibility index (Phi) is 5.50. The van der Waals surface area contributed by atoms with Crippen LogP contribution in [0.4, 0.5) is 0 Å². The summed E-state index contributed by atoms with van der Waals surface area (Å²) in [5.41, 5.74) is 1.20. The van der Waals surface area contributed by atoms with Gasteiger partial charge in [-0.25, -0.2) is 4.68 Å². The average molecular weight is 225 g/mol. The fourth-order valence-electron chi connectivity index (χ4n) is 1.37. The fourth-order valence-corrected chi connectivity index (χ4v) is 2.06. The smallest absolute Gasteiger partial charge is 0.0538 e. The Bertz CT molecular complexity index is 296. The molecule has 0 aliphatic rings. The van der Waals surface area contributed by atoms with E-state index in [4.69, 9.17) is 0 Å². The van der Waals surface area contributed by atoms with Gasteiger partial charge in [0.1, 0.15) is 0 Å². The summed E-state index contributed by atoms with van der Waals surface area (Å²) in [5.74, 6) is 1.92. The molecule has 0 aliphatic carbocycles. The van der Waals surface area contributed by atoms with E-state index in [1.54, 1.807) is 10.9 Å². The first-order valence-electron chi connectivity index (χ1n) is 5.11. The molecule has 3 nitrogen and oxygen atoms in total. The molecule has 1 aromatic heterocycles. The minimum Gasteiger partial charge on any atom is -0.312 e. The van der Waals surface area contributed by atoms with Crippen LogP contribution in [-0.4, -0.2) is 28.3 Å². The average Bonchev–Trinajstić information content (AvgIpc) is 2.66. The Morgan fingerprint density at radius 2 is 2.53 bits per heavy atom. The zero-order chi connectivity index (χ0) is 11.1. The molecule has 0 radical (unpaired) electrons. The van der Waals surface area contributed by atoms with Crippen molar-refractivity contribution in [1.29, 1.82) is 0 Å². The molecule has 1 heterocycles. The number of hydrogen-bond acceptors (Lipinski definition) is 3. The first-order chi connectivity index (χ1) is 7.26. The maximum Gasteiger partial charge on any atom is 0.0538 e. The second-order valence-corrected chi connectivity index (χ2v) is 4.61. The third-order valence-electron chi connectivity index (χ3n) is 2.12. The second-order valence-electron chi connectivity index (χ2n) is 3.70. The van der Waals surface area contributed by atoms with Crippen LogP contribution in [0.2, 0.25) is 0 Å². The highest BCUT2D eigenvalue weighted by molar-refractivity contribution is 7.98. The van der Waals surface area contributed by atoms with Crippen molar-refractivity contribution in [2.24, 2.45) is 5.92 Å². The van der Waals surface area contributed by atoms with E-state index in [0.29, 0.717) is 0 Å². The van der Waals surface area contributed by atoms with E-state index in [0.717, 1.165) is 19.0 Å². The maximum atomic E-state index is 4.12. The molecule has 0 bridgehead atoms. The van der Waals surface area contributed by atoms with Crippen LogP contribution in [0.1, 0.15) is 12.5 Å². The van der Waals surface area contributed by atoms with Gasteiger partial charge in [-0.1, -0.05) is 13.5 Å². The highest BCUT2D eigenvalue weighted by Crippen LogP contribution is 2.03. The molecule has 0 spiro atoms. The van der Waals surface area contributed by atoms with Gasteiger partial charge in [0.05, 0.1) is 6.20 Å². The van der Waals surface area contributed by atoms with Crippen molar-refractivity contribution in [3.8, 4) is 0 Å². The van der Waals surface area contributed by atoms with E-state index >= 15 is 0 Å². The standard InChI is InChI=1S/C11H19N3S/c1-4-14-8-11(7-13-14)6-12-5-10(2)9-15-3/h4,7-8,10,12H,1,5-6,9H2,2-3H3. The molecule has 0 saturated carbocycles. The SMILES string of the molecule is C=Cn1cc(CNCC(C)CSC)cn1. The molecule has 1 rings (SSSR count). The van der Waals surface area contributed by atoms with Gasteiger partial charge in [-0.2, -0.15) is 16.9 Å². The molecular formula is C11H19N3S. The molecule has 0 aliphatic heterocycles. The van der Waals surface area contributed by atoms with E-state index in [9.17, 15) is 0 Å². The van der Waals surface area contributed by atoms with Crippen molar-refractivity contribution in [3.63, 3.8) is 0 Å². The number of aromatic nitrogens is 2. The lowest BCUT2D eigenvalue weighted by atomic mass is 10.2. The molecular weight excluding hydrogens is 206 g/mol. The van der Waals surface area contributed by atoms with Crippen LogP contribution in [0.25, 0.3) is 6.20 Å². The summed E-state index contributed by atoms with van der Waals surface area (Å²) in [4.78, 5) is 0. The van der Waals surface area contributed by atoms with Crippen molar-refractivity contribution >= 4 is 18.0 Å². The summed E-state index contributed by atoms with van der Waals surface area (Å²) in [6.07, 6.45) is 7.69. The van der Waals surface area contributed by atoms with Crippen LogP contribution in [0.3, 0.4) is 0 Å². The van der Waals surface area contributed by atoms with Crippen LogP contribution >= 0.6 is 11.8 Å². The summed E-state index contributed by atoms with van der Waals surface area (Å²) in [5, 5.41) is 7.55. The predicted molar refractivity (Wildman–Crippen MR) is 67.9 cm³/mol. The van der Waals surface area contributed by atoms with Gasteiger partial charge in [0.25, 0.3) is 0 Å². The number of hydrogen-bond donors (Lipinski definition) is 1. The lowest BCUT2D eigenvalue weighted by Gasteiger charge is -2.09. The van der Waals surface area contributed by atoms with Gasteiger partial charge in [-0.05, 0) is 24.5 Å². The van der Waals surface area contributed by atoms with Gasteiger partial charge in [0.15, 0.2) is 0 Å². The molecule has 0 fully saturated rings. The summed E-state index contributed by atoms with van der Waals surface area (Å²) >= 11 is 1.89. The largest absolute Gasteiger partial charge is 0.312 e. The first-order valence-corrected chi connectivity index (χ1v) is 6.51. The molecule has 0 aromatic carbocycles. The van der Waals surface area contributed by atoms with Gasteiger partial charge >= 0.3 is 0 Å². The quantitative estimate of drug-likeness (QED) is 0.770. The van der Waals surface area contributed by atoms with Crippen LogP contribution < -0.4 is 5.32 Å². The zero-order valence-corrected chi connectivity index (χ0v) is 10.3. The number of nitrogens with one attached hydrogen (secondary N) is 1. The molecule has 0 amide bonds. The Morgan fingerprint density at radius 1 is 1.73 bits per heavy atom. The number of nitrogens with zero attached hydrogens (tertiary/aromatic N) is 2. The minimum atomic E-state index is 0.717. The fraction of sp³-hybridized carbons (Fsp3) is 0.545. The molecule has 84 valence electrons. The van der Waals surface area contributed by atoms with Crippen LogP contribution in [-0.2, 0) is 6.54 Å². The highest BCUT2D eigenvalue weighted by Gasteiger charge is 2.01. The minimum absolute atomic E-state index is 0.717. The van der Waals surface area contributed by atoms with Crippen LogP contribution in [0, 0.1) is 5.92 Å². The first kappa shape index (κ1) is 12.3. The Morgan fingerprint density at radius 3 is 3.13 bits per heavy atom. The Hall–Kier alpha value is -0.740. The summed E-state index contributed by atoms with van der Waals surface area (Å²) in [6.45, 7) is 7.85. The van der Waals surface area contributed by atoms with Crippen LogP contribution in [0.5, 0.6) is 0 Å². The van der Waals surface area contributed by atoms with E-state index in [1.165, 1.54) is 11.3 Å². The van der Waals surface area contributed by atoms with Gasteiger partial charge in [-0.15, -0.1) is 0 Å². The molecule has 1 N–H and O–H groups in total. The number of thioether (sulfide) groups is 1. The maximum absolute atomic E-state index is 4.12. The lowest BCUT2D eigenvalue weighted by Crippen LogP contribution is -2.21. The normalized spacial score (nSPS) is 12.7. The Labute approximate surface area is 95.9 Å². The van der Waals surface area contributed by atoms with Gasteiger partial charge in [0, 0.05) is 24.5 Å². The van der Waals surface area contributed by atoms with E-state index in [2.05, 4.69) is 30.2 Å². The molecule has 1 aromatic rings. The van der Waals surface area contributed by atoms with E-state index in [-0.39, 0.29) is 0 Å². The summed E-state index contributed by atoms with van der Waals surface area (Å²) in [7, 11) is 0. The van der Waals surface area contributed by atoms with Gasteiger partial charge < -0.3 is 5.32 Å².